The number of oxazole rings is 1. The molecular formula is C11H10ClN5O. The molecule has 0 unspecified atom stereocenters. The Morgan fingerprint density at radius 3 is 3.06 bits per heavy atom. The molecule has 3 heterocycles. The van der Waals surface area contributed by atoms with Crippen molar-refractivity contribution in [1.82, 2.24) is 19.9 Å². The van der Waals surface area contributed by atoms with E-state index in [2.05, 4.69) is 25.3 Å². The summed E-state index contributed by atoms with van der Waals surface area (Å²) in [6.07, 6.45) is 3.40. The van der Waals surface area contributed by atoms with Crippen LogP contribution in [0.4, 0.5) is 5.82 Å². The minimum Gasteiger partial charge on any atom is -0.449 e. The Balaban J connectivity index is 1.87. The van der Waals surface area contributed by atoms with E-state index in [0.717, 1.165) is 11.1 Å². The molecule has 3 aromatic heterocycles. The van der Waals surface area contributed by atoms with E-state index in [9.17, 15) is 0 Å². The molecule has 0 fully saturated rings. The largest absolute Gasteiger partial charge is 0.449 e. The highest BCUT2D eigenvalue weighted by molar-refractivity contribution is 6.28. The molecule has 6 nitrogen and oxygen atoms in total. The van der Waals surface area contributed by atoms with Gasteiger partial charge in [0.2, 0.25) is 5.28 Å². The fourth-order valence-electron chi connectivity index (χ4n) is 1.71. The molecule has 92 valence electrons. The molecule has 0 saturated carbocycles. The molecule has 0 saturated heterocycles. The second-order valence-corrected chi connectivity index (χ2v) is 4.13. The third kappa shape index (κ3) is 2.02. The Morgan fingerprint density at radius 1 is 1.39 bits per heavy atom. The van der Waals surface area contributed by atoms with Gasteiger partial charge in [0.1, 0.15) is 17.7 Å². The number of nitrogens with one attached hydrogen (secondary N) is 2. The Hall–Kier alpha value is -2.08. The molecule has 0 spiro atoms. The van der Waals surface area contributed by atoms with Crippen molar-refractivity contribution in [1.29, 1.82) is 0 Å². The van der Waals surface area contributed by atoms with Crippen LogP contribution in [0.1, 0.15) is 11.6 Å². The summed E-state index contributed by atoms with van der Waals surface area (Å²) in [4.78, 5) is 15.4. The number of halogens is 1. The molecule has 0 aliphatic rings. The first kappa shape index (κ1) is 11.0. The second-order valence-electron chi connectivity index (χ2n) is 3.79. The Bertz CT molecular complexity index is 690. The Kier molecular flexibility index (Phi) is 2.64. The molecule has 0 aliphatic carbocycles. The van der Waals surface area contributed by atoms with Gasteiger partial charge in [0.05, 0.1) is 17.6 Å². The van der Waals surface area contributed by atoms with Crippen LogP contribution in [-0.2, 0) is 6.54 Å². The van der Waals surface area contributed by atoms with Crippen LogP contribution in [0.15, 0.2) is 22.9 Å². The number of nitrogens with zero attached hydrogens (tertiary/aromatic N) is 3. The first-order chi connectivity index (χ1) is 8.72. The van der Waals surface area contributed by atoms with Gasteiger partial charge in [-0.15, -0.1) is 0 Å². The summed E-state index contributed by atoms with van der Waals surface area (Å²) < 4.78 is 5.13. The van der Waals surface area contributed by atoms with Gasteiger partial charge in [-0.2, -0.15) is 4.98 Å². The van der Waals surface area contributed by atoms with Crippen LogP contribution in [0.25, 0.3) is 11.0 Å². The normalized spacial score (nSPS) is 11.0. The zero-order valence-electron chi connectivity index (χ0n) is 9.57. The number of aromatic amines is 1. The van der Waals surface area contributed by atoms with Crippen molar-refractivity contribution in [3.8, 4) is 0 Å². The van der Waals surface area contributed by atoms with Gasteiger partial charge in [0, 0.05) is 13.1 Å². The lowest BCUT2D eigenvalue weighted by Crippen LogP contribution is -2.03. The average Bonchev–Trinajstić information content (AvgIpc) is 2.94. The molecule has 0 aliphatic heterocycles. The van der Waals surface area contributed by atoms with Crippen LogP contribution in [-0.4, -0.2) is 19.9 Å². The molecule has 3 rings (SSSR count). The van der Waals surface area contributed by atoms with E-state index in [-0.39, 0.29) is 5.28 Å². The van der Waals surface area contributed by atoms with Crippen LogP contribution in [0, 0.1) is 6.92 Å². The van der Waals surface area contributed by atoms with Crippen LogP contribution in [0.5, 0.6) is 0 Å². The van der Waals surface area contributed by atoms with E-state index in [1.54, 1.807) is 19.4 Å². The van der Waals surface area contributed by atoms with Crippen LogP contribution >= 0.6 is 11.6 Å². The van der Waals surface area contributed by atoms with Crippen molar-refractivity contribution in [3.63, 3.8) is 0 Å². The summed E-state index contributed by atoms with van der Waals surface area (Å²) in [5.74, 6) is 1.31. The van der Waals surface area contributed by atoms with Crippen molar-refractivity contribution < 1.29 is 4.42 Å². The third-order valence-electron chi connectivity index (χ3n) is 2.49. The van der Waals surface area contributed by atoms with Gasteiger partial charge < -0.3 is 14.7 Å². The van der Waals surface area contributed by atoms with Crippen LogP contribution < -0.4 is 5.32 Å². The molecule has 0 radical (unpaired) electrons. The summed E-state index contributed by atoms with van der Waals surface area (Å²) >= 11 is 5.85. The van der Waals surface area contributed by atoms with E-state index in [4.69, 9.17) is 16.0 Å². The lowest BCUT2D eigenvalue weighted by atomic mass is 10.3. The Labute approximate surface area is 107 Å². The quantitative estimate of drug-likeness (QED) is 0.710. The number of H-pyrrole nitrogens is 1. The van der Waals surface area contributed by atoms with Gasteiger partial charge in [-0.1, -0.05) is 0 Å². The fourth-order valence-corrected chi connectivity index (χ4v) is 1.88. The highest BCUT2D eigenvalue weighted by atomic mass is 35.5. The minimum atomic E-state index is 0.198. The number of hydrogen-bond acceptors (Lipinski definition) is 5. The molecule has 2 N–H and O–H groups in total. The van der Waals surface area contributed by atoms with Crippen molar-refractivity contribution in [3.05, 3.63) is 35.4 Å². The smallest absolute Gasteiger partial charge is 0.226 e. The van der Waals surface area contributed by atoms with Crippen molar-refractivity contribution in [2.45, 2.75) is 13.5 Å². The summed E-state index contributed by atoms with van der Waals surface area (Å²) in [5, 5.41) is 4.25. The zero-order valence-corrected chi connectivity index (χ0v) is 10.3. The van der Waals surface area contributed by atoms with E-state index < -0.39 is 0 Å². The summed E-state index contributed by atoms with van der Waals surface area (Å²) in [7, 11) is 0. The van der Waals surface area contributed by atoms with Gasteiger partial charge in [-0.05, 0) is 17.7 Å². The first-order valence-corrected chi connectivity index (χ1v) is 5.75. The third-order valence-corrected chi connectivity index (χ3v) is 2.66. The van der Waals surface area contributed by atoms with Gasteiger partial charge in [0.25, 0.3) is 0 Å². The second kappa shape index (κ2) is 4.30. The first-order valence-electron chi connectivity index (χ1n) is 5.38. The van der Waals surface area contributed by atoms with E-state index in [1.165, 1.54) is 0 Å². The standard InChI is InChI=1S/C11H10ClN5O/c1-6-15-7(5-18-6)4-14-10-8-2-3-13-9(8)16-11(12)17-10/h2-3,5H,4H2,1H3,(H2,13,14,16,17). The number of aromatic nitrogens is 4. The maximum Gasteiger partial charge on any atom is 0.226 e. The number of aryl methyl sites for hydroxylation is 1. The maximum atomic E-state index is 5.85. The summed E-state index contributed by atoms with van der Waals surface area (Å²) in [6, 6.07) is 1.89. The maximum absolute atomic E-state index is 5.85. The molecule has 0 aromatic carbocycles. The van der Waals surface area contributed by atoms with Crippen molar-refractivity contribution in [2.75, 3.05) is 5.32 Å². The topological polar surface area (TPSA) is 79.6 Å². The molecule has 0 bridgehead atoms. The summed E-state index contributed by atoms with van der Waals surface area (Å²) in [5.41, 5.74) is 1.51. The average molecular weight is 264 g/mol. The number of hydrogen-bond donors (Lipinski definition) is 2. The minimum absolute atomic E-state index is 0.198. The van der Waals surface area contributed by atoms with Gasteiger partial charge in [0.15, 0.2) is 5.89 Å². The van der Waals surface area contributed by atoms with Crippen LogP contribution in [0.3, 0.4) is 0 Å². The molecule has 0 amide bonds. The van der Waals surface area contributed by atoms with Crippen LogP contribution in [0.2, 0.25) is 5.28 Å². The molecule has 7 heteroatoms. The van der Waals surface area contributed by atoms with Crippen molar-refractivity contribution >= 4 is 28.5 Å². The number of anilines is 1. The van der Waals surface area contributed by atoms with E-state index in [1.807, 2.05) is 6.07 Å². The predicted molar refractivity (Wildman–Crippen MR) is 67.5 cm³/mol. The number of rotatable bonds is 3. The molecular weight excluding hydrogens is 254 g/mol. The van der Waals surface area contributed by atoms with E-state index in [0.29, 0.717) is 23.9 Å². The zero-order chi connectivity index (χ0) is 12.5. The number of fused-ring (bicyclic) bond motifs is 1. The van der Waals surface area contributed by atoms with Crippen molar-refractivity contribution in [2.24, 2.45) is 0 Å². The van der Waals surface area contributed by atoms with E-state index >= 15 is 0 Å². The molecule has 18 heavy (non-hydrogen) atoms. The molecule has 0 atom stereocenters. The monoisotopic (exact) mass is 263 g/mol. The molecule has 3 aromatic rings. The highest BCUT2D eigenvalue weighted by Crippen LogP contribution is 2.21. The summed E-state index contributed by atoms with van der Waals surface area (Å²) in [6.45, 7) is 2.32. The van der Waals surface area contributed by atoms with Gasteiger partial charge >= 0.3 is 0 Å². The van der Waals surface area contributed by atoms with Gasteiger partial charge in [-0.25, -0.2) is 9.97 Å². The van der Waals surface area contributed by atoms with Gasteiger partial charge in [-0.3, -0.25) is 0 Å². The Morgan fingerprint density at radius 2 is 2.28 bits per heavy atom. The SMILES string of the molecule is Cc1nc(CNc2nc(Cl)nc3[nH]ccc23)co1. The fraction of sp³-hybridized carbons (Fsp3) is 0.182. The predicted octanol–water partition coefficient (Wildman–Crippen LogP) is 2.52. The lowest BCUT2D eigenvalue weighted by Gasteiger charge is -2.04. The highest BCUT2D eigenvalue weighted by Gasteiger charge is 2.08. The lowest BCUT2D eigenvalue weighted by molar-refractivity contribution is 0.520.